The van der Waals surface area contributed by atoms with Gasteiger partial charge in [0.2, 0.25) is 5.91 Å². The van der Waals surface area contributed by atoms with Crippen molar-refractivity contribution in [3.05, 3.63) is 29.3 Å². The predicted octanol–water partition coefficient (Wildman–Crippen LogP) is 1.37. The fourth-order valence-corrected chi connectivity index (χ4v) is 2.07. The molecule has 1 aromatic carbocycles. The van der Waals surface area contributed by atoms with Crippen molar-refractivity contribution in [3.8, 4) is 0 Å². The molecule has 0 saturated heterocycles. The van der Waals surface area contributed by atoms with Crippen LogP contribution in [-0.4, -0.2) is 24.4 Å². The molecule has 5 nitrogen and oxygen atoms in total. The smallest absolute Gasteiger partial charge is 0.253 e. The number of carbonyl (C=O) groups is 2. The maximum atomic E-state index is 12.0. The van der Waals surface area contributed by atoms with E-state index in [0.29, 0.717) is 36.7 Å². The monoisotopic (exact) mass is 275 g/mol. The third-order valence-corrected chi connectivity index (χ3v) is 3.34. The normalized spacial score (nSPS) is 13.8. The van der Waals surface area contributed by atoms with Crippen LogP contribution in [0.5, 0.6) is 0 Å². The van der Waals surface area contributed by atoms with Crippen molar-refractivity contribution in [2.45, 2.75) is 38.6 Å². The summed E-state index contributed by atoms with van der Waals surface area (Å²) in [4.78, 5) is 23.5. The summed E-state index contributed by atoms with van der Waals surface area (Å²) in [5, 5.41) is 5.73. The number of hydrogen-bond donors (Lipinski definition) is 3. The lowest BCUT2D eigenvalue weighted by Crippen LogP contribution is -2.29. The minimum absolute atomic E-state index is 0.0668. The van der Waals surface area contributed by atoms with Crippen molar-refractivity contribution < 1.29 is 9.59 Å². The fraction of sp³-hybridized carbons (Fsp3) is 0.467. The van der Waals surface area contributed by atoms with Gasteiger partial charge in [-0.05, 0) is 37.8 Å². The van der Waals surface area contributed by atoms with Crippen LogP contribution in [0.4, 0.5) is 5.69 Å². The molecule has 0 radical (unpaired) electrons. The van der Waals surface area contributed by atoms with E-state index in [2.05, 4.69) is 10.6 Å². The highest BCUT2D eigenvalue weighted by molar-refractivity contribution is 6.00. The lowest BCUT2D eigenvalue weighted by Gasteiger charge is -2.10. The molecule has 1 aliphatic rings. The molecule has 20 heavy (non-hydrogen) atoms. The van der Waals surface area contributed by atoms with Crippen LogP contribution in [0.2, 0.25) is 0 Å². The van der Waals surface area contributed by atoms with E-state index in [4.69, 9.17) is 5.73 Å². The number of aryl methyl sites for hydroxylation is 1. The third-order valence-electron chi connectivity index (χ3n) is 3.34. The Bertz CT molecular complexity index is 490. The van der Waals surface area contributed by atoms with E-state index in [0.717, 1.165) is 18.4 Å². The van der Waals surface area contributed by atoms with Crippen molar-refractivity contribution in [3.63, 3.8) is 0 Å². The summed E-state index contributed by atoms with van der Waals surface area (Å²) in [6.07, 6.45) is 3.26. The summed E-state index contributed by atoms with van der Waals surface area (Å²) in [7, 11) is 0. The van der Waals surface area contributed by atoms with Gasteiger partial charge in [0, 0.05) is 24.7 Å². The van der Waals surface area contributed by atoms with Crippen LogP contribution < -0.4 is 16.4 Å². The standard InChI is InChI=1S/C15H21N3O2/c1-10-4-2-5-12(16)14(10)15(20)17-9-3-6-13(19)18-11-7-8-11/h2,4-5,11H,3,6-9,16H2,1H3,(H,17,20)(H,18,19). The molecule has 0 aliphatic heterocycles. The first-order valence-corrected chi connectivity index (χ1v) is 7.00. The number of hydrogen-bond acceptors (Lipinski definition) is 3. The highest BCUT2D eigenvalue weighted by Crippen LogP contribution is 2.18. The number of nitrogens with one attached hydrogen (secondary N) is 2. The van der Waals surface area contributed by atoms with E-state index < -0.39 is 0 Å². The number of rotatable bonds is 6. The first kappa shape index (κ1) is 14.4. The van der Waals surface area contributed by atoms with Gasteiger partial charge in [-0.15, -0.1) is 0 Å². The summed E-state index contributed by atoms with van der Waals surface area (Å²) >= 11 is 0. The van der Waals surface area contributed by atoms with Crippen molar-refractivity contribution in [2.75, 3.05) is 12.3 Å². The Labute approximate surface area is 118 Å². The predicted molar refractivity (Wildman–Crippen MR) is 78.3 cm³/mol. The number of benzene rings is 1. The van der Waals surface area contributed by atoms with Crippen LogP contribution in [0.1, 0.15) is 41.6 Å². The number of amides is 2. The highest BCUT2D eigenvalue weighted by Gasteiger charge is 2.22. The third kappa shape index (κ3) is 3.98. The van der Waals surface area contributed by atoms with Crippen LogP contribution in [0, 0.1) is 6.92 Å². The average Bonchev–Trinajstić information content (AvgIpc) is 3.18. The molecule has 2 amide bonds. The lowest BCUT2D eigenvalue weighted by atomic mass is 10.1. The largest absolute Gasteiger partial charge is 0.398 e. The van der Waals surface area contributed by atoms with Gasteiger partial charge < -0.3 is 16.4 Å². The number of anilines is 1. The zero-order chi connectivity index (χ0) is 14.5. The Balaban J connectivity index is 1.73. The molecule has 0 spiro atoms. The van der Waals surface area contributed by atoms with E-state index >= 15 is 0 Å². The molecule has 2 rings (SSSR count). The van der Waals surface area contributed by atoms with Gasteiger partial charge in [-0.3, -0.25) is 9.59 Å². The molecule has 0 aromatic heterocycles. The Morgan fingerprint density at radius 3 is 2.75 bits per heavy atom. The van der Waals surface area contributed by atoms with Gasteiger partial charge >= 0.3 is 0 Å². The molecule has 0 heterocycles. The second-order valence-electron chi connectivity index (χ2n) is 5.24. The van der Waals surface area contributed by atoms with Gasteiger partial charge in [-0.25, -0.2) is 0 Å². The molecule has 1 saturated carbocycles. The molecule has 4 N–H and O–H groups in total. The second-order valence-corrected chi connectivity index (χ2v) is 5.24. The molecule has 0 unspecified atom stereocenters. The summed E-state index contributed by atoms with van der Waals surface area (Å²) in [5.74, 6) is -0.111. The quantitative estimate of drug-likeness (QED) is 0.541. The molecule has 0 atom stereocenters. The van der Waals surface area contributed by atoms with Crippen molar-refractivity contribution in [1.82, 2.24) is 10.6 Å². The lowest BCUT2D eigenvalue weighted by molar-refractivity contribution is -0.121. The topological polar surface area (TPSA) is 84.2 Å². The summed E-state index contributed by atoms with van der Waals surface area (Å²) < 4.78 is 0. The first-order chi connectivity index (χ1) is 9.58. The van der Waals surface area contributed by atoms with Gasteiger partial charge in [0.15, 0.2) is 0 Å². The SMILES string of the molecule is Cc1cccc(N)c1C(=O)NCCCC(=O)NC1CC1. The van der Waals surface area contributed by atoms with Gasteiger partial charge in [0.25, 0.3) is 5.91 Å². The van der Waals surface area contributed by atoms with Gasteiger partial charge in [-0.2, -0.15) is 0 Å². The van der Waals surface area contributed by atoms with Crippen molar-refractivity contribution in [1.29, 1.82) is 0 Å². The molecule has 1 fully saturated rings. The Morgan fingerprint density at radius 1 is 1.35 bits per heavy atom. The molecule has 5 heteroatoms. The number of nitrogens with two attached hydrogens (primary N) is 1. The molecule has 1 aliphatic carbocycles. The average molecular weight is 275 g/mol. The second kappa shape index (κ2) is 6.41. The fourth-order valence-electron chi connectivity index (χ4n) is 2.07. The van der Waals surface area contributed by atoms with Crippen molar-refractivity contribution in [2.24, 2.45) is 0 Å². The Morgan fingerprint density at radius 2 is 2.10 bits per heavy atom. The van der Waals surface area contributed by atoms with E-state index in [-0.39, 0.29) is 11.8 Å². The van der Waals surface area contributed by atoms with Crippen LogP contribution in [0.15, 0.2) is 18.2 Å². The first-order valence-electron chi connectivity index (χ1n) is 7.00. The van der Waals surface area contributed by atoms with E-state index in [9.17, 15) is 9.59 Å². The minimum atomic E-state index is -0.178. The maximum Gasteiger partial charge on any atom is 0.253 e. The van der Waals surface area contributed by atoms with Crippen LogP contribution in [-0.2, 0) is 4.79 Å². The van der Waals surface area contributed by atoms with E-state index in [1.54, 1.807) is 6.07 Å². The van der Waals surface area contributed by atoms with E-state index in [1.807, 2.05) is 19.1 Å². The van der Waals surface area contributed by atoms with Crippen LogP contribution in [0.3, 0.4) is 0 Å². The van der Waals surface area contributed by atoms with Crippen LogP contribution in [0.25, 0.3) is 0 Å². The number of nitrogen functional groups attached to an aromatic ring is 1. The Kier molecular flexibility index (Phi) is 4.61. The summed E-state index contributed by atoms with van der Waals surface area (Å²) in [6.45, 7) is 2.33. The van der Waals surface area contributed by atoms with Gasteiger partial charge in [0.05, 0.1) is 5.56 Å². The molecular formula is C15H21N3O2. The minimum Gasteiger partial charge on any atom is -0.398 e. The summed E-state index contributed by atoms with van der Waals surface area (Å²) in [6, 6.07) is 5.78. The Hall–Kier alpha value is -2.04. The maximum absolute atomic E-state index is 12.0. The molecule has 1 aromatic rings. The highest BCUT2D eigenvalue weighted by atomic mass is 16.2. The van der Waals surface area contributed by atoms with Crippen LogP contribution >= 0.6 is 0 Å². The number of carbonyl (C=O) groups excluding carboxylic acids is 2. The molecule has 0 bridgehead atoms. The van der Waals surface area contributed by atoms with Crippen molar-refractivity contribution >= 4 is 17.5 Å². The zero-order valence-corrected chi connectivity index (χ0v) is 11.7. The molecular weight excluding hydrogens is 254 g/mol. The van der Waals surface area contributed by atoms with Gasteiger partial charge in [-0.1, -0.05) is 12.1 Å². The zero-order valence-electron chi connectivity index (χ0n) is 11.7. The van der Waals surface area contributed by atoms with Gasteiger partial charge in [0.1, 0.15) is 0 Å². The summed E-state index contributed by atoms with van der Waals surface area (Å²) in [5.41, 5.74) is 7.67. The van der Waals surface area contributed by atoms with E-state index in [1.165, 1.54) is 0 Å². The molecule has 108 valence electrons.